The number of hydrogen-bond donors (Lipinski definition) is 2. The lowest BCUT2D eigenvalue weighted by Gasteiger charge is -2.38. The van der Waals surface area contributed by atoms with E-state index in [1.807, 2.05) is 6.07 Å². The van der Waals surface area contributed by atoms with E-state index in [1.54, 1.807) is 12.1 Å². The lowest BCUT2D eigenvalue weighted by atomic mass is 9.96. The van der Waals surface area contributed by atoms with Gasteiger partial charge < -0.3 is 8.97 Å². The Morgan fingerprint density at radius 1 is 1.38 bits per heavy atom. The molecule has 2 N–H and O–H groups in total. The molecule has 1 heterocycles. The Labute approximate surface area is 142 Å². The molecule has 1 atom stereocenters. The summed E-state index contributed by atoms with van der Waals surface area (Å²) in [5.41, 5.74) is 2.10. The van der Waals surface area contributed by atoms with Gasteiger partial charge in [0.25, 0.3) is 5.91 Å². The number of hydroxylamine groups is 1. The summed E-state index contributed by atoms with van der Waals surface area (Å²) >= 11 is -2.71. The van der Waals surface area contributed by atoms with Crippen molar-refractivity contribution in [1.29, 1.82) is 0 Å². The van der Waals surface area contributed by atoms with E-state index >= 15 is 0 Å². The first-order chi connectivity index (χ1) is 11.4. The van der Waals surface area contributed by atoms with Crippen molar-refractivity contribution in [1.82, 2.24) is 5.48 Å². The Kier molecular flexibility index (Phi) is 4.37. The Morgan fingerprint density at radius 2 is 2.08 bits per heavy atom. The van der Waals surface area contributed by atoms with Crippen molar-refractivity contribution < 1.29 is 23.2 Å². The van der Waals surface area contributed by atoms with E-state index in [9.17, 15) is 13.6 Å². The van der Waals surface area contributed by atoms with Gasteiger partial charge in [-0.05, 0) is 45.2 Å². The molecule has 0 aliphatic heterocycles. The number of fused-ring (bicyclic) bond motifs is 3. The van der Waals surface area contributed by atoms with Gasteiger partial charge in [-0.1, -0.05) is 0 Å². The Bertz CT molecular complexity index is 814. The van der Waals surface area contributed by atoms with Crippen LogP contribution >= 0.6 is 0 Å². The molecule has 1 aromatic carbocycles. The van der Waals surface area contributed by atoms with E-state index in [2.05, 4.69) is 0 Å². The largest absolute Gasteiger partial charge is 0.755 e. The normalized spacial score (nSPS) is 15.8. The summed E-state index contributed by atoms with van der Waals surface area (Å²) in [6.07, 6.45) is 4.04. The molecule has 0 spiro atoms. The quantitative estimate of drug-likeness (QED) is 0.499. The lowest BCUT2D eigenvalue weighted by Crippen LogP contribution is -2.55. The highest BCUT2D eigenvalue weighted by molar-refractivity contribution is 7.80. The van der Waals surface area contributed by atoms with E-state index in [1.165, 1.54) is 24.9 Å². The van der Waals surface area contributed by atoms with Crippen LogP contribution in [0.5, 0.6) is 0 Å². The van der Waals surface area contributed by atoms with Crippen molar-refractivity contribution in [3.05, 3.63) is 29.5 Å². The molecule has 3 rings (SSSR count). The number of hydrogen-bond acceptors (Lipinski definition) is 5. The molecule has 1 aliphatic rings. The summed E-state index contributed by atoms with van der Waals surface area (Å²) in [6.45, 7) is 2.82. The maximum Gasteiger partial charge on any atom is 0.269 e. The van der Waals surface area contributed by atoms with E-state index in [0.29, 0.717) is 11.3 Å². The Morgan fingerprint density at radius 3 is 2.75 bits per heavy atom. The second kappa shape index (κ2) is 6.19. The van der Waals surface area contributed by atoms with Crippen LogP contribution in [0, 0.1) is 0 Å². The number of benzene rings is 1. The molecule has 0 saturated carbocycles. The molecule has 0 bridgehead atoms. The van der Waals surface area contributed by atoms with Crippen molar-refractivity contribution in [2.45, 2.75) is 45.1 Å². The standard InChI is InChI=1S/C16H20N2O5S/c1-16(2,15(19)17-20)18(24(21)22)10-7-8-12-11-5-3-4-6-13(11)23-14(12)9-10/h7-9,20H,3-6H2,1-2H3,(H,17,19)(H,21,22)/p-1. The number of rotatable bonds is 4. The third-order valence-electron chi connectivity index (χ3n) is 4.49. The summed E-state index contributed by atoms with van der Waals surface area (Å²) in [5, 5.41) is 9.87. The molecule has 2 aromatic rings. The number of anilines is 1. The fourth-order valence-electron chi connectivity index (χ4n) is 3.20. The second-order valence-electron chi connectivity index (χ2n) is 6.40. The average Bonchev–Trinajstić information content (AvgIpc) is 2.91. The molecule has 1 aliphatic carbocycles. The van der Waals surface area contributed by atoms with E-state index in [0.717, 1.165) is 41.1 Å². The number of furan rings is 1. The SMILES string of the molecule is CC(C)(C(=O)NO)N(c1ccc2c3c(oc2c1)CCCC3)S(=O)[O-]. The van der Waals surface area contributed by atoms with Crippen LogP contribution in [-0.4, -0.2) is 25.4 Å². The maximum absolute atomic E-state index is 11.9. The van der Waals surface area contributed by atoms with E-state index in [-0.39, 0.29) is 0 Å². The van der Waals surface area contributed by atoms with Gasteiger partial charge >= 0.3 is 0 Å². The number of carbonyl (C=O) groups is 1. The fraction of sp³-hybridized carbons (Fsp3) is 0.438. The van der Waals surface area contributed by atoms with Gasteiger partial charge in [0.05, 0.1) is 5.69 Å². The first kappa shape index (κ1) is 16.9. The van der Waals surface area contributed by atoms with Gasteiger partial charge in [0.1, 0.15) is 16.9 Å². The van der Waals surface area contributed by atoms with Gasteiger partial charge in [-0.15, -0.1) is 0 Å². The van der Waals surface area contributed by atoms with Crippen LogP contribution in [-0.2, 0) is 28.9 Å². The fourth-order valence-corrected chi connectivity index (χ4v) is 3.94. The van der Waals surface area contributed by atoms with Crippen LogP contribution < -0.4 is 9.79 Å². The first-order valence-corrected chi connectivity index (χ1v) is 8.78. The molecule has 7 nitrogen and oxygen atoms in total. The van der Waals surface area contributed by atoms with Crippen LogP contribution in [0.3, 0.4) is 0 Å². The molecule has 0 fully saturated rings. The van der Waals surface area contributed by atoms with Gasteiger partial charge in [0.2, 0.25) is 0 Å². The smallest absolute Gasteiger partial charge is 0.269 e. The molecule has 1 amide bonds. The second-order valence-corrected chi connectivity index (χ2v) is 7.20. The average molecular weight is 351 g/mol. The molecule has 0 radical (unpaired) electrons. The van der Waals surface area contributed by atoms with Crippen molar-refractivity contribution in [2.24, 2.45) is 0 Å². The van der Waals surface area contributed by atoms with Gasteiger partial charge in [-0.25, -0.2) is 5.48 Å². The topological polar surface area (TPSA) is 106 Å². The number of carbonyl (C=O) groups excluding carboxylic acids is 1. The highest BCUT2D eigenvalue weighted by Crippen LogP contribution is 2.35. The molecule has 8 heteroatoms. The summed E-state index contributed by atoms with van der Waals surface area (Å²) in [4.78, 5) is 11.9. The van der Waals surface area contributed by atoms with Crippen molar-refractivity contribution in [2.75, 3.05) is 4.31 Å². The van der Waals surface area contributed by atoms with Gasteiger partial charge in [-0.3, -0.25) is 18.5 Å². The molecular formula is C16H19N2O5S-. The molecule has 130 valence electrons. The molecule has 0 saturated heterocycles. The maximum atomic E-state index is 11.9. The zero-order chi connectivity index (χ0) is 17.5. The zero-order valence-electron chi connectivity index (χ0n) is 13.5. The first-order valence-electron chi connectivity index (χ1n) is 7.74. The van der Waals surface area contributed by atoms with Crippen LogP contribution in [0.4, 0.5) is 5.69 Å². The number of aryl methyl sites for hydroxylation is 2. The molecule has 24 heavy (non-hydrogen) atoms. The minimum atomic E-state index is -2.71. The van der Waals surface area contributed by atoms with Crippen LogP contribution in [0.15, 0.2) is 22.6 Å². The number of nitrogens with one attached hydrogen (secondary N) is 1. The zero-order valence-corrected chi connectivity index (χ0v) is 14.3. The summed E-state index contributed by atoms with van der Waals surface area (Å²) in [7, 11) is 0. The highest BCUT2D eigenvalue weighted by Gasteiger charge is 2.36. The highest BCUT2D eigenvalue weighted by atomic mass is 32.2. The van der Waals surface area contributed by atoms with Crippen LogP contribution in [0.1, 0.15) is 38.0 Å². The Balaban J connectivity index is 2.09. The van der Waals surface area contributed by atoms with Crippen LogP contribution in [0.25, 0.3) is 11.0 Å². The number of amides is 1. The minimum absolute atomic E-state index is 0.301. The predicted octanol–water partition coefficient (Wildman–Crippen LogP) is 2.20. The molecular weight excluding hydrogens is 332 g/mol. The van der Waals surface area contributed by atoms with Gasteiger partial charge in [0, 0.05) is 34.7 Å². The minimum Gasteiger partial charge on any atom is -0.755 e. The van der Waals surface area contributed by atoms with E-state index in [4.69, 9.17) is 9.62 Å². The molecule has 1 aromatic heterocycles. The van der Waals surface area contributed by atoms with E-state index < -0.39 is 22.7 Å². The third-order valence-corrected chi connectivity index (χ3v) is 5.45. The molecule has 1 unspecified atom stereocenters. The summed E-state index contributed by atoms with van der Waals surface area (Å²) in [6, 6.07) is 5.09. The van der Waals surface area contributed by atoms with Crippen molar-refractivity contribution >= 4 is 33.8 Å². The third kappa shape index (κ3) is 2.70. The summed E-state index contributed by atoms with van der Waals surface area (Å²) in [5.74, 6) is 0.126. The van der Waals surface area contributed by atoms with Crippen LogP contribution in [0.2, 0.25) is 0 Å². The lowest BCUT2D eigenvalue weighted by molar-refractivity contribution is -0.133. The summed E-state index contributed by atoms with van der Waals surface area (Å²) < 4.78 is 30.3. The van der Waals surface area contributed by atoms with Crippen molar-refractivity contribution in [3.8, 4) is 0 Å². The predicted molar refractivity (Wildman–Crippen MR) is 88.3 cm³/mol. The Hall–Kier alpha value is -1.90. The monoisotopic (exact) mass is 351 g/mol. The number of nitrogens with zero attached hydrogens (tertiary/aromatic N) is 1. The van der Waals surface area contributed by atoms with Gasteiger partial charge in [-0.2, -0.15) is 0 Å². The van der Waals surface area contributed by atoms with Gasteiger partial charge in [0.15, 0.2) is 0 Å². The van der Waals surface area contributed by atoms with Crippen molar-refractivity contribution in [3.63, 3.8) is 0 Å².